The molecule has 0 aliphatic heterocycles. The van der Waals surface area contributed by atoms with Gasteiger partial charge >= 0.3 is 0 Å². The second kappa shape index (κ2) is 9.13. The van der Waals surface area contributed by atoms with E-state index < -0.39 is 10.0 Å². The molecule has 6 heteroatoms. The van der Waals surface area contributed by atoms with Crippen LogP contribution in [0.4, 0.5) is 11.4 Å². The minimum atomic E-state index is -3.68. The van der Waals surface area contributed by atoms with Crippen LogP contribution in [-0.2, 0) is 10.0 Å². The first-order valence-electron chi connectivity index (χ1n) is 9.76. The standard InChI is InChI=1S/C24H26N2O3S/c1-5-29-22-10-6-20(7-11-22)16-25-21-8-12-23(13-9-21)30(27,28)26-24-18(3)14-17(2)15-19(24)4/h6-16,26H,5H2,1-4H3. The predicted octanol–water partition coefficient (Wildman–Crippen LogP) is 5.56. The molecule has 0 unspecified atom stereocenters. The molecule has 0 saturated heterocycles. The van der Waals surface area contributed by atoms with Crippen molar-refractivity contribution >= 4 is 27.6 Å². The van der Waals surface area contributed by atoms with Crippen LogP contribution in [0.5, 0.6) is 5.75 Å². The second-order valence-electron chi connectivity index (χ2n) is 7.13. The first-order chi connectivity index (χ1) is 14.3. The summed E-state index contributed by atoms with van der Waals surface area (Å²) in [4.78, 5) is 4.61. The smallest absolute Gasteiger partial charge is 0.261 e. The Morgan fingerprint density at radius 2 is 1.53 bits per heavy atom. The van der Waals surface area contributed by atoms with E-state index in [1.807, 2.05) is 64.1 Å². The highest BCUT2D eigenvalue weighted by atomic mass is 32.2. The van der Waals surface area contributed by atoms with Crippen LogP contribution in [0.1, 0.15) is 29.2 Å². The van der Waals surface area contributed by atoms with Gasteiger partial charge in [-0.15, -0.1) is 0 Å². The molecule has 0 radical (unpaired) electrons. The summed E-state index contributed by atoms with van der Waals surface area (Å²) in [5.41, 5.74) is 5.12. The number of nitrogens with zero attached hydrogens (tertiary/aromatic N) is 1. The van der Waals surface area contributed by atoms with Gasteiger partial charge in [0.15, 0.2) is 0 Å². The topological polar surface area (TPSA) is 67.8 Å². The van der Waals surface area contributed by atoms with Gasteiger partial charge in [-0.05, 0) is 92.9 Å². The van der Waals surface area contributed by atoms with Crippen molar-refractivity contribution in [2.24, 2.45) is 4.99 Å². The van der Waals surface area contributed by atoms with Crippen LogP contribution in [0, 0.1) is 20.8 Å². The molecule has 3 aromatic rings. The molecule has 1 N–H and O–H groups in total. The van der Waals surface area contributed by atoms with Crippen molar-refractivity contribution in [1.82, 2.24) is 0 Å². The molecule has 0 aliphatic carbocycles. The molecule has 0 saturated carbocycles. The van der Waals surface area contributed by atoms with Gasteiger partial charge in [-0.3, -0.25) is 9.71 Å². The third-order valence-corrected chi connectivity index (χ3v) is 5.98. The summed E-state index contributed by atoms with van der Waals surface area (Å²) in [5, 5.41) is 0. The van der Waals surface area contributed by atoms with Crippen LogP contribution in [0.2, 0.25) is 0 Å². The summed E-state index contributed by atoms with van der Waals surface area (Å²) in [5.74, 6) is 0.816. The molecule has 0 heterocycles. The Morgan fingerprint density at radius 3 is 2.10 bits per heavy atom. The van der Waals surface area contributed by atoms with E-state index in [4.69, 9.17) is 4.74 Å². The first-order valence-corrected chi connectivity index (χ1v) is 11.2. The maximum Gasteiger partial charge on any atom is 0.261 e. The molecule has 3 rings (SSSR count). The normalized spacial score (nSPS) is 11.6. The summed E-state index contributed by atoms with van der Waals surface area (Å²) in [6.45, 7) is 8.36. The van der Waals surface area contributed by atoms with Crippen molar-refractivity contribution < 1.29 is 13.2 Å². The Morgan fingerprint density at radius 1 is 0.933 bits per heavy atom. The average Bonchev–Trinajstić information content (AvgIpc) is 2.71. The van der Waals surface area contributed by atoms with E-state index in [0.717, 1.165) is 28.0 Å². The van der Waals surface area contributed by atoms with Crippen molar-refractivity contribution in [2.75, 3.05) is 11.3 Å². The highest BCUT2D eigenvalue weighted by Gasteiger charge is 2.16. The lowest BCUT2D eigenvalue weighted by Gasteiger charge is -2.14. The molecule has 0 fully saturated rings. The monoisotopic (exact) mass is 422 g/mol. The Labute approximate surface area is 178 Å². The van der Waals surface area contributed by atoms with Crippen molar-refractivity contribution in [3.63, 3.8) is 0 Å². The molecule has 3 aromatic carbocycles. The summed E-state index contributed by atoms with van der Waals surface area (Å²) >= 11 is 0. The molecule has 0 aliphatic rings. The number of aliphatic imine (C=N–C) groups is 1. The molecule has 0 spiro atoms. The summed E-state index contributed by atoms with van der Waals surface area (Å²) < 4.78 is 33.7. The van der Waals surface area contributed by atoms with Crippen LogP contribution in [-0.4, -0.2) is 21.2 Å². The molecule has 0 aromatic heterocycles. The van der Waals surface area contributed by atoms with Gasteiger partial charge in [0, 0.05) is 6.21 Å². The van der Waals surface area contributed by atoms with Crippen LogP contribution in [0.3, 0.4) is 0 Å². The number of nitrogens with one attached hydrogen (secondary N) is 1. The van der Waals surface area contributed by atoms with Gasteiger partial charge < -0.3 is 4.74 Å². The zero-order valence-electron chi connectivity index (χ0n) is 17.6. The fourth-order valence-corrected chi connectivity index (χ4v) is 4.41. The Balaban J connectivity index is 1.74. The van der Waals surface area contributed by atoms with Crippen LogP contribution in [0.25, 0.3) is 0 Å². The quantitative estimate of drug-likeness (QED) is 0.507. The summed E-state index contributed by atoms with van der Waals surface area (Å²) in [7, 11) is -3.68. The third kappa shape index (κ3) is 5.27. The van der Waals surface area contributed by atoms with Crippen LogP contribution < -0.4 is 9.46 Å². The first kappa shape index (κ1) is 21.6. The highest BCUT2D eigenvalue weighted by Crippen LogP contribution is 2.26. The largest absolute Gasteiger partial charge is 0.494 e. The van der Waals surface area contributed by atoms with Crippen molar-refractivity contribution in [3.05, 3.63) is 82.9 Å². The number of hydrogen-bond donors (Lipinski definition) is 1. The molecule has 156 valence electrons. The van der Waals surface area contributed by atoms with E-state index >= 15 is 0 Å². The average molecular weight is 423 g/mol. The Hall–Kier alpha value is -3.12. The number of rotatable bonds is 7. The van der Waals surface area contributed by atoms with Gasteiger partial charge in [-0.1, -0.05) is 17.7 Å². The summed E-state index contributed by atoms with van der Waals surface area (Å²) in [6, 6.07) is 18.0. The maximum absolute atomic E-state index is 12.8. The van der Waals surface area contributed by atoms with Crippen molar-refractivity contribution in [1.29, 1.82) is 0 Å². The van der Waals surface area contributed by atoms with E-state index in [1.54, 1.807) is 30.5 Å². The van der Waals surface area contributed by atoms with Crippen LogP contribution in [0.15, 0.2) is 70.6 Å². The fraction of sp³-hybridized carbons (Fsp3) is 0.208. The van der Waals surface area contributed by atoms with E-state index in [0.29, 0.717) is 18.0 Å². The lowest BCUT2D eigenvalue weighted by atomic mass is 10.1. The number of hydrogen-bond acceptors (Lipinski definition) is 4. The molecular formula is C24H26N2O3S. The molecule has 30 heavy (non-hydrogen) atoms. The van der Waals surface area contributed by atoms with Gasteiger partial charge in [0.25, 0.3) is 10.0 Å². The van der Waals surface area contributed by atoms with Gasteiger partial charge in [-0.25, -0.2) is 8.42 Å². The van der Waals surface area contributed by atoms with E-state index in [2.05, 4.69) is 9.71 Å². The van der Waals surface area contributed by atoms with Crippen molar-refractivity contribution in [3.8, 4) is 5.75 Å². The van der Waals surface area contributed by atoms with E-state index in [-0.39, 0.29) is 4.90 Å². The Kier molecular flexibility index (Phi) is 6.57. The zero-order valence-corrected chi connectivity index (χ0v) is 18.5. The van der Waals surface area contributed by atoms with Gasteiger partial charge in [-0.2, -0.15) is 0 Å². The summed E-state index contributed by atoms with van der Waals surface area (Å²) in [6.07, 6.45) is 1.73. The van der Waals surface area contributed by atoms with Gasteiger partial charge in [0.2, 0.25) is 0 Å². The third-order valence-electron chi connectivity index (χ3n) is 4.61. The Bertz CT molecular complexity index is 1130. The SMILES string of the molecule is CCOc1ccc(C=Nc2ccc(S(=O)(=O)Nc3c(C)cc(C)cc3C)cc2)cc1. The number of aryl methyl sites for hydroxylation is 3. The maximum atomic E-state index is 12.8. The lowest BCUT2D eigenvalue weighted by Crippen LogP contribution is -2.14. The van der Waals surface area contributed by atoms with Crippen molar-refractivity contribution in [2.45, 2.75) is 32.6 Å². The number of benzene rings is 3. The van der Waals surface area contributed by atoms with E-state index in [1.165, 1.54) is 0 Å². The molecular weight excluding hydrogens is 396 g/mol. The molecule has 0 bridgehead atoms. The minimum absolute atomic E-state index is 0.196. The molecule has 0 amide bonds. The lowest BCUT2D eigenvalue weighted by molar-refractivity contribution is 0.340. The zero-order chi connectivity index (χ0) is 21.7. The second-order valence-corrected chi connectivity index (χ2v) is 8.82. The molecule has 5 nitrogen and oxygen atoms in total. The number of sulfonamides is 1. The van der Waals surface area contributed by atoms with Gasteiger partial charge in [0.1, 0.15) is 5.75 Å². The number of anilines is 1. The highest BCUT2D eigenvalue weighted by molar-refractivity contribution is 7.92. The molecule has 0 atom stereocenters. The minimum Gasteiger partial charge on any atom is -0.494 e. The van der Waals surface area contributed by atoms with E-state index in [9.17, 15) is 8.42 Å². The van der Waals surface area contributed by atoms with Gasteiger partial charge in [0.05, 0.1) is 22.9 Å². The number of ether oxygens (including phenoxy) is 1. The van der Waals surface area contributed by atoms with Crippen LogP contribution >= 0.6 is 0 Å². The predicted molar refractivity (Wildman–Crippen MR) is 123 cm³/mol. The fourth-order valence-electron chi connectivity index (χ4n) is 3.21.